The molecule has 0 aromatic carbocycles. The molecule has 74 valence electrons. The van der Waals surface area contributed by atoms with Crippen LogP contribution in [-0.2, 0) is 17.1 Å². The summed E-state index contributed by atoms with van der Waals surface area (Å²) in [5, 5.41) is 0. The van der Waals surface area contributed by atoms with Crippen LogP contribution in [0.15, 0.2) is 0 Å². The fourth-order valence-corrected chi connectivity index (χ4v) is 1.17. The second-order valence-electron chi connectivity index (χ2n) is 3.05. The van der Waals surface area contributed by atoms with E-state index in [4.69, 9.17) is 6.42 Å². The van der Waals surface area contributed by atoms with Gasteiger partial charge in [-0.15, -0.1) is 0 Å². The summed E-state index contributed by atoms with van der Waals surface area (Å²) in [5.74, 6) is 2.42. The Hall–Kier alpha value is 0.0795. The van der Waals surface area contributed by atoms with E-state index in [9.17, 15) is 0 Å². The van der Waals surface area contributed by atoms with Crippen molar-refractivity contribution in [2.24, 2.45) is 0 Å². The molecule has 0 bridgehead atoms. The van der Waals surface area contributed by atoms with E-state index in [2.05, 4.69) is 12.8 Å². The summed E-state index contributed by atoms with van der Waals surface area (Å²) in [7, 11) is 0. The molecule has 0 N–H and O–H groups in total. The molecule has 12 heavy (non-hydrogen) atoms. The van der Waals surface area contributed by atoms with Crippen LogP contribution in [-0.4, -0.2) is 0 Å². The van der Waals surface area contributed by atoms with Gasteiger partial charge < -0.3 is 12.3 Å². The topological polar surface area (TPSA) is 0 Å². The zero-order valence-electron chi connectivity index (χ0n) is 7.96. The van der Waals surface area contributed by atoms with Crippen LogP contribution in [0.5, 0.6) is 0 Å². The van der Waals surface area contributed by atoms with Crippen LogP contribution in [0, 0.1) is 12.3 Å². The first-order chi connectivity index (χ1) is 5.41. The molecule has 0 amide bonds. The van der Waals surface area contributed by atoms with Crippen LogP contribution < -0.4 is 0 Å². The summed E-state index contributed by atoms with van der Waals surface area (Å²) in [6, 6.07) is 0. The Kier molecular flexibility index (Phi) is 16.6. The van der Waals surface area contributed by atoms with E-state index in [1.165, 1.54) is 38.5 Å². The minimum Gasteiger partial charge on any atom is -0.694 e. The molecule has 0 aliphatic heterocycles. The van der Waals surface area contributed by atoms with Crippen molar-refractivity contribution in [2.45, 2.75) is 58.3 Å². The van der Waals surface area contributed by atoms with Gasteiger partial charge in [-0.25, -0.2) is 0 Å². The standard InChI is InChI=1S/C11H19.Cu/c1-3-5-7-9-11-10-8-6-4-2;/h3,5-11H2,1H3;/q-1;+1. The van der Waals surface area contributed by atoms with Crippen LogP contribution in [0.4, 0.5) is 0 Å². The van der Waals surface area contributed by atoms with E-state index in [1.54, 1.807) is 0 Å². The van der Waals surface area contributed by atoms with Crippen LogP contribution in [0.2, 0.25) is 0 Å². The van der Waals surface area contributed by atoms with E-state index in [0.717, 1.165) is 12.8 Å². The smallest absolute Gasteiger partial charge is 0.694 e. The van der Waals surface area contributed by atoms with Crippen molar-refractivity contribution in [3.63, 3.8) is 0 Å². The van der Waals surface area contributed by atoms with Crippen LogP contribution >= 0.6 is 0 Å². The molecule has 0 unspecified atom stereocenters. The second kappa shape index (κ2) is 13.7. The van der Waals surface area contributed by atoms with Gasteiger partial charge in [0, 0.05) is 0 Å². The summed E-state index contributed by atoms with van der Waals surface area (Å²) in [5.41, 5.74) is 0. The molecular formula is C11H19Cu. The normalized spacial score (nSPS) is 8.67. The minimum atomic E-state index is 0. The van der Waals surface area contributed by atoms with Crippen molar-refractivity contribution in [1.29, 1.82) is 0 Å². The van der Waals surface area contributed by atoms with Crippen molar-refractivity contribution >= 4 is 0 Å². The predicted octanol–water partition coefficient (Wildman–Crippen LogP) is 3.71. The molecule has 1 heteroatoms. The number of rotatable bonds is 7. The first-order valence-corrected chi connectivity index (χ1v) is 4.81. The first-order valence-electron chi connectivity index (χ1n) is 4.81. The minimum absolute atomic E-state index is 0. The van der Waals surface area contributed by atoms with Crippen molar-refractivity contribution in [2.75, 3.05) is 0 Å². The SMILES string of the molecule is [C-]#CCCCCCCCCC.[Cu+]. The Morgan fingerprint density at radius 3 is 1.92 bits per heavy atom. The summed E-state index contributed by atoms with van der Waals surface area (Å²) >= 11 is 0. The first kappa shape index (κ1) is 14.6. The number of hydrogen-bond acceptors (Lipinski definition) is 0. The van der Waals surface area contributed by atoms with E-state index < -0.39 is 0 Å². The Morgan fingerprint density at radius 2 is 1.42 bits per heavy atom. The molecule has 0 fully saturated rings. The molecule has 0 heterocycles. The maximum atomic E-state index is 6.70. The zero-order chi connectivity index (χ0) is 8.36. The molecule has 0 rings (SSSR count). The Bertz CT molecular complexity index is 102. The van der Waals surface area contributed by atoms with E-state index in [-0.39, 0.29) is 17.1 Å². The monoisotopic (exact) mass is 214 g/mol. The number of unbranched alkanes of at least 4 members (excludes halogenated alkanes) is 7. The van der Waals surface area contributed by atoms with Gasteiger partial charge in [0.15, 0.2) is 0 Å². The van der Waals surface area contributed by atoms with Crippen LogP contribution in [0.3, 0.4) is 0 Å². The van der Waals surface area contributed by atoms with Gasteiger partial charge in [-0.05, 0) is 12.8 Å². The second-order valence-corrected chi connectivity index (χ2v) is 3.05. The van der Waals surface area contributed by atoms with Crippen LogP contribution in [0.1, 0.15) is 58.3 Å². The van der Waals surface area contributed by atoms with Crippen molar-refractivity contribution < 1.29 is 17.1 Å². The van der Waals surface area contributed by atoms with Gasteiger partial charge in [-0.2, -0.15) is 0 Å². The maximum Gasteiger partial charge on any atom is 1.00 e. The van der Waals surface area contributed by atoms with E-state index in [0.29, 0.717) is 0 Å². The zero-order valence-corrected chi connectivity index (χ0v) is 8.90. The van der Waals surface area contributed by atoms with Gasteiger partial charge in [-0.3, -0.25) is 0 Å². The molecule has 0 aliphatic carbocycles. The number of hydrogen-bond donors (Lipinski definition) is 0. The fourth-order valence-electron chi connectivity index (χ4n) is 1.17. The van der Waals surface area contributed by atoms with Crippen molar-refractivity contribution in [3.8, 4) is 5.92 Å². The maximum absolute atomic E-state index is 6.70. The van der Waals surface area contributed by atoms with Crippen molar-refractivity contribution in [1.82, 2.24) is 0 Å². The van der Waals surface area contributed by atoms with Crippen LogP contribution in [0.25, 0.3) is 0 Å². The quantitative estimate of drug-likeness (QED) is 0.262. The third-order valence-electron chi connectivity index (χ3n) is 1.91. The van der Waals surface area contributed by atoms with E-state index in [1.807, 2.05) is 0 Å². The van der Waals surface area contributed by atoms with Gasteiger partial charge in [0.25, 0.3) is 0 Å². The molecule has 0 aromatic rings. The third kappa shape index (κ3) is 12.7. The molecule has 0 saturated heterocycles. The molecule has 0 spiro atoms. The Morgan fingerprint density at radius 1 is 0.917 bits per heavy atom. The molecule has 0 radical (unpaired) electrons. The molecule has 0 nitrogen and oxygen atoms in total. The summed E-state index contributed by atoms with van der Waals surface area (Å²) in [4.78, 5) is 0. The van der Waals surface area contributed by atoms with Gasteiger partial charge in [0.2, 0.25) is 0 Å². The molecule has 0 aliphatic rings. The largest absolute Gasteiger partial charge is 1.00 e. The van der Waals surface area contributed by atoms with Crippen molar-refractivity contribution in [3.05, 3.63) is 6.42 Å². The Labute approximate surface area is 88.0 Å². The van der Waals surface area contributed by atoms with Gasteiger partial charge in [-0.1, -0.05) is 45.4 Å². The van der Waals surface area contributed by atoms with E-state index >= 15 is 0 Å². The predicted molar refractivity (Wildman–Crippen MR) is 49.7 cm³/mol. The average molecular weight is 215 g/mol. The Balaban J connectivity index is 0. The van der Waals surface area contributed by atoms with Gasteiger partial charge in [0.1, 0.15) is 0 Å². The fraction of sp³-hybridized carbons (Fsp3) is 0.818. The summed E-state index contributed by atoms with van der Waals surface area (Å²) in [6.07, 6.45) is 16.8. The van der Waals surface area contributed by atoms with Gasteiger partial charge in [0.05, 0.1) is 0 Å². The summed E-state index contributed by atoms with van der Waals surface area (Å²) in [6.45, 7) is 2.24. The molecule has 0 atom stereocenters. The molecule has 0 saturated carbocycles. The molecule has 0 aromatic heterocycles. The summed E-state index contributed by atoms with van der Waals surface area (Å²) < 4.78 is 0. The third-order valence-corrected chi connectivity index (χ3v) is 1.91. The average Bonchev–Trinajstić information content (AvgIpc) is 2.03. The molecular weight excluding hydrogens is 196 g/mol. The van der Waals surface area contributed by atoms with Gasteiger partial charge >= 0.3 is 17.1 Å².